The SMILES string of the molecule is O=S(=O)(O)c1ccc(-c2cccc(-c3nc(-c4ccc(Cl)cc4)cc(C(F)(F)F)n3)c2)s1. The largest absolute Gasteiger partial charge is 0.433 e. The van der Waals surface area contributed by atoms with Gasteiger partial charge in [-0.15, -0.1) is 11.3 Å². The fraction of sp³-hybridized carbons (Fsp3) is 0.0476. The summed E-state index contributed by atoms with van der Waals surface area (Å²) in [5.41, 5.74) is 0.273. The van der Waals surface area contributed by atoms with Crippen molar-refractivity contribution in [1.29, 1.82) is 0 Å². The van der Waals surface area contributed by atoms with Gasteiger partial charge in [0.2, 0.25) is 0 Å². The molecule has 0 aliphatic heterocycles. The standard InChI is InChI=1S/C21H12ClF3N2O3S2/c22-15-6-4-12(5-7-15)16-11-18(21(23,24)25)27-20(26-16)14-3-1-2-13(10-14)17-8-9-19(31-17)32(28,29)30/h1-11H,(H,28,29,30). The second kappa shape index (κ2) is 8.28. The Bertz CT molecular complexity index is 1400. The molecule has 2 aromatic carbocycles. The predicted molar refractivity (Wildman–Crippen MR) is 116 cm³/mol. The molecule has 0 unspecified atom stereocenters. The molecule has 0 atom stereocenters. The van der Waals surface area contributed by atoms with Crippen LogP contribution in [0.3, 0.4) is 0 Å². The molecule has 32 heavy (non-hydrogen) atoms. The third-order valence-corrected chi connectivity index (χ3v) is 7.10. The highest BCUT2D eigenvalue weighted by Crippen LogP contribution is 2.35. The molecule has 4 aromatic rings. The number of aromatic nitrogens is 2. The highest BCUT2D eigenvalue weighted by Gasteiger charge is 2.34. The van der Waals surface area contributed by atoms with Gasteiger partial charge in [0, 0.05) is 21.0 Å². The maximum atomic E-state index is 13.5. The van der Waals surface area contributed by atoms with Gasteiger partial charge in [-0.3, -0.25) is 4.55 Å². The van der Waals surface area contributed by atoms with Crippen molar-refractivity contribution in [3.8, 4) is 33.1 Å². The van der Waals surface area contributed by atoms with Crippen molar-refractivity contribution in [1.82, 2.24) is 9.97 Å². The molecule has 0 fully saturated rings. The smallest absolute Gasteiger partial charge is 0.281 e. The number of halogens is 4. The molecule has 11 heteroatoms. The van der Waals surface area contributed by atoms with Crippen LogP contribution in [-0.2, 0) is 16.3 Å². The molecule has 0 bridgehead atoms. The van der Waals surface area contributed by atoms with Crippen LogP contribution in [-0.4, -0.2) is 22.9 Å². The van der Waals surface area contributed by atoms with Crippen molar-refractivity contribution in [2.75, 3.05) is 0 Å². The fourth-order valence-corrected chi connectivity index (χ4v) is 4.71. The Morgan fingerprint density at radius 2 is 1.56 bits per heavy atom. The Labute approximate surface area is 189 Å². The van der Waals surface area contributed by atoms with E-state index in [-0.39, 0.29) is 15.7 Å². The lowest BCUT2D eigenvalue weighted by atomic mass is 10.1. The molecular formula is C21H12ClF3N2O3S2. The molecule has 0 radical (unpaired) electrons. The summed E-state index contributed by atoms with van der Waals surface area (Å²) in [4.78, 5) is 8.52. The molecule has 0 saturated carbocycles. The van der Waals surface area contributed by atoms with Crippen molar-refractivity contribution in [3.63, 3.8) is 0 Å². The summed E-state index contributed by atoms with van der Waals surface area (Å²) in [5.74, 6) is -0.141. The van der Waals surface area contributed by atoms with E-state index in [4.69, 9.17) is 11.6 Å². The third-order valence-electron chi connectivity index (χ3n) is 4.40. The lowest BCUT2D eigenvalue weighted by Gasteiger charge is -2.11. The summed E-state index contributed by atoms with van der Waals surface area (Å²) in [7, 11) is -4.35. The molecule has 164 valence electrons. The van der Waals surface area contributed by atoms with Crippen LogP contribution < -0.4 is 0 Å². The molecule has 0 aliphatic carbocycles. The zero-order valence-corrected chi connectivity index (χ0v) is 18.2. The first-order valence-electron chi connectivity index (χ1n) is 8.91. The maximum Gasteiger partial charge on any atom is 0.433 e. The van der Waals surface area contributed by atoms with Crippen LogP contribution in [0.1, 0.15) is 5.69 Å². The predicted octanol–water partition coefficient (Wildman–Crippen LogP) is 6.46. The topological polar surface area (TPSA) is 80.2 Å². The molecule has 5 nitrogen and oxygen atoms in total. The van der Waals surface area contributed by atoms with Crippen LogP contribution in [0.5, 0.6) is 0 Å². The van der Waals surface area contributed by atoms with Crippen LogP contribution in [0.15, 0.2) is 70.9 Å². The van der Waals surface area contributed by atoms with Crippen LogP contribution in [0.2, 0.25) is 5.02 Å². The lowest BCUT2D eigenvalue weighted by Crippen LogP contribution is -2.10. The Hall–Kier alpha value is -2.79. The van der Waals surface area contributed by atoms with Crippen molar-refractivity contribution in [2.45, 2.75) is 10.4 Å². The van der Waals surface area contributed by atoms with Gasteiger partial charge in [-0.2, -0.15) is 21.6 Å². The number of thiophene rings is 1. The van der Waals surface area contributed by atoms with Crippen LogP contribution in [0.25, 0.3) is 33.1 Å². The van der Waals surface area contributed by atoms with Gasteiger partial charge in [0.15, 0.2) is 5.82 Å². The highest BCUT2D eigenvalue weighted by molar-refractivity contribution is 7.88. The molecule has 2 aromatic heterocycles. The molecule has 0 aliphatic rings. The van der Waals surface area contributed by atoms with Gasteiger partial charge in [0.1, 0.15) is 9.90 Å². The van der Waals surface area contributed by atoms with Gasteiger partial charge in [0.25, 0.3) is 0 Å². The van der Waals surface area contributed by atoms with Crippen molar-refractivity contribution in [2.24, 2.45) is 0 Å². The van der Waals surface area contributed by atoms with E-state index < -0.39 is 22.0 Å². The van der Waals surface area contributed by atoms with E-state index in [2.05, 4.69) is 9.97 Å². The minimum Gasteiger partial charge on any atom is -0.281 e. The number of hydrogen-bond donors (Lipinski definition) is 1. The number of benzene rings is 2. The normalized spacial score (nSPS) is 12.2. The Kier molecular flexibility index (Phi) is 5.80. The third kappa shape index (κ3) is 4.83. The van der Waals surface area contributed by atoms with Crippen LogP contribution >= 0.6 is 22.9 Å². The van der Waals surface area contributed by atoms with E-state index in [1.54, 1.807) is 48.5 Å². The highest BCUT2D eigenvalue weighted by atomic mass is 35.5. The van der Waals surface area contributed by atoms with E-state index in [0.717, 1.165) is 17.4 Å². The minimum atomic E-state index is -4.69. The van der Waals surface area contributed by atoms with Gasteiger partial charge in [-0.1, -0.05) is 41.9 Å². The number of alkyl halides is 3. The van der Waals surface area contributed by atoms with Gasteiger partial charge in [-0.05, 0) is 42.0 Å². The van der Waals surface area contributed by atoms with E-state index in [1.165, 1.54) is 12.1 Å². The second-order valence-electron chi connectivity index (χ2n) is 6.64. The van der Waals surface area contributed by atoms with Gasteiger partial charge in [-0.25, -0.2) is 9.97 Å². The molecule has 2 heterocycles. The summed E-state index contributed by atoms with van der Waals surface area (Å²) in [6, 6.07) is 16.2. The number of nitrogens with zero attached hydrogens (tertiary/aromatic N) is 2. The molecule has 0 amide bonds. The molecule has 0 spiro atoms. The van der Waals surface area contributed by atoms with E-state index in [9.17, 15) is 26.1 Å². The quantitative estimate of drug-likeness (QED) is 0.328. The van der Waals surface area contributed by atoms with Gasteiger partial charge in [0.05, 0.1) is 5.69 Å². The average molecular weight is 497 g/mol. The van der Waals surface area contributed by atoms with Crippen molar-refractivity contribution >= 4 is 33.1 Å². The van der Waals surface area contributed by atoms with E-state index in [0.29, 0.717) is 26.6 Å². The summed E-state index contributed by atoms with van der Waals surface area (Å²) < 4.78 is 72.1. The minimum absolute atomic E-state index is 0.0779. The summed E-state index contributed by atoms with van der Waals surface area (Å²) in [6.07, 6.45) is -4.69. The fourth-order valence-electron chi connectivity index (χ4n) is 2.92. The molecular weight excluding hydrogens is 485 g/mol. The van der Waals surface area contributed by atoms with Crippen LogP contribution in [0.4, 0.5) is 13.2 Å². The second-order valence-corrected chi connectivity index (χ2v) is 9.81. The summed E-state index contributed by atoms with van der Waals surface area (Å²) in [5, 5.41) is 0.437. The zero-order valence-electron chi connectivity index (χ0n) is 15.8. The Morgan fingerprint density at radius 3 is 2.19 bits per heavy atom. The van der Waals surface area contributed by atoms with Crippen LogP contribution in [0, 0.1) is 0 Å². The first-order valence-corrected chi connectivity index (χ1v) is 11.5. The number of hydrogen-bond acceptors (Lipinski definition) is 5. The first kappa shape index (κ1) is 22.4. The molecule has 0 saturated heterocycles. The summed E-state index contributed by atoms with van der Waals surface area (Å²) >= 11 is 6.70. The first-order chi connectivity index (χ1) is 15.0. The monoisotopic (exact) mass is 496 g/mol. The summed E-state index contributed by atoms with van der Waals surface area (Å²) in [6.45, 7) is 0. The van der Waals surface area contributed by atoms with Gasteiger partial charge < -0.3 is 0 Å². The average Bonchev–Trinajstić information content (AvgIpc) is 3.24. The van der Waals surface area contributed by atoms with E-state index >= 15 is 0 Å². The Morgan fingerprint density at radius 1 is 0.875 bits per heavy atom. The van der Waals surface area contributed by atoms with Crippen molar-refractivity contribution < 1.29 is 26.1 Å². The number of rotatable bonds is 4. The lowest BCUT2D eigenvalue weighted by molar-refractivity contribution is -0.141. The molecule has 1 N–H and O–H groups in total. The molecule has 4 rings (SSSR count). The van der Waals surface area contributed by atoms with E-state index in [1.807, 2.05) is 0 Å². The maximum absolute atomic E-state index is 13.5. The van der Waals surface area contributed by atoms with Crippen molar-refractivity contribution in [3.05, 3.63) is 77.4 Å². The zero-order chi connectivity index (χ0) is 23.1. The van der Waals surface area contributed by atoms with Gasteiger partial charge >= 0.3 is 16.3 Å². The Balaban J connectivity index is 1.82.